The lowest BCUT2D eigenvalue weighted by atomic mass is 10.2. The zero-order valence-corrected chi connectivity index (χ0v) is 10.3. The molecular weight excluding hydrogens is 268 g/mol. The van der Waals surface area contributed by atoms with Crippen LogP contribution >= 0.6 is 0 Å². The van der Waals surface area contributed by atoms with Crippen LogP contribution in [0.25, 0.3) is 22.4 Å². The molecule has 3 rings (SSSR count). The van der Waals surface area contributed by atoms with E-state index in [1.54, 1.807) is 0 Å². The molecule has 3 aromatic rings. The molecule has 0 unspecified atom stereocenters. The van der Waals surface area contributed by atoms with Crippen molar-refractivity contribution in [2.24, 2.45) is 0 Å². The number of rotatable bonds is 2. The number of methoxy groups -OCH3 is 1. The predicted molar refractivity (Wildman–Crippen MR) is 68.0 cm³/mol. The van der Waals surface area contributed by atoms with E-state index in [0.717, 1.165) is 12.4 Å². The minimum atomic E-state index is -0.718. The van der Waals surface area contributed by atoms with Gasteiger partial charge in [0, 0.05) is 6.20 Å². The molecule has 0 aromatic carbocycles. The van der Waals surface area contributed by atoms with Crippen LogP contribution in [-0.2, 0) is 0 Å². The van der Waals surface area contributed by atoms with E-state index in [-0.39, 0.29) is 17.4 Å². The van der Waals surface area contributed by atoms with Crippen LogP contribution < -0.4 is 10.5 Å². The number of aromatic nitrogens is 4. The number of nitrogen functional groups attached to an aromatic ring is 1. The number of fused-ring (bicyclic) bond motifs is 1. The van der Waals surface area contributed by atoms with Gasteiger partial charge < -0.3 is 15.5 Å². The molecule has 0 amide bonds. The normalized spacial score (nSPS) is 10.9. The van der Waals surface area contributed by atoms with Crippen molar-refractivity contribution in [3.8, 4) is 17.1 Å². The van der Waals surface area contributed by atoms with E-state index in [2.05, 4.69) is 19.9 Å². The second-order valence-electron chi connectivity index (χ2n) is 3.99. The highest BCUT2D eigenvalue weighted by atomic mass is 19.1. The van der Waals surface area contributed by atoms with E-state index in [9.17, 15) is 8.78 Å². The standard InChI is InChI=1S/C12H9F2N5O/c1-20-9-6(13)3-18-12-8(9)5(2-16-12)11-17-4-7(14)10(15)19-11/h2-4H,1H3,(H,16,18)(H2,15,17,19). The number of anilines is 1. The fraction of sp³-hybridized carbons (Fsp3) is 0.0833. The lowest BCUT2D eigenvalue weighted by Crippen LogP contribution is -1.99. The molecule has 0 aliphatic rings. The maximum absolute atomic E-state index is 13.7. The molecule has 0 spiro atoms. The maximum Gasteiger partial charge on any atom is 0.184 e. The van der Waals surface area contributed by atoms with Crippen molar-refractivity contribution < 1.29 is 13.5 Å². The molecule has 0 fully saturated rings. The number of nitrogens with zero attached hydrogens (tertiary/aromatic N) is 3. The Labute approximate surface area is 111 Å². The van der Waals surface area contributed by atoms with E-state index in [1.165, 1.54) is 13.3 Å². The van der Waals surface area contributed by atoms with E-state index < -0.39 is 11.6 Å². The third-order valence-electron chi connectivity index (χ3n) is 2.83. The van der Waals surface area contributed by atoms with Crippen LogP contribution in [0.3, 0.4) is 0 Å². The van der Waals surface area contributed by atoms with Gasteiger partial charge in [-0.05, 0) is 0 Å². The van der Waals surface area contributed by atoms with Crippen LogP contribution in [0, 0.1) is 11.6 Å². The molecule has 3 heterocycles. The highest BCUT2D eigenvalue weighted by molar-refractivity contribution is 5.96. The van der Waals surface area contributed by atoms with Gasteiger partial charge in [-0.2, -0.15) is 0 Å². The Morgan fingerprint density at radius 3 is 2.65 bits per heavy atom. The quantitative estimate of drug-likeness (QED) is 0.746. The second-order valence-corrected chi connectivity index (χ2v) is 3.99. The summed E-state index contributed by atoms with van der Waals surface area (Å²) in [5.41, 5.74) is 6.25. The van der Waals surface area contributed by atoms with E-state index in [4.69, 9.17) is 10.5 Å². The topological polar surface area (TPSA) is 89.7 Å². The van der Waals surface area contributed by atoms with Gasteiger partial charge in [0.2, 0.25) is 0 Å². The molecule has 0 saturated carbocycles. The average molecular weight is 277 g/mol. The molecule has 102 valence electrons. The number of aromatic amines is 1. The summed E-state index contributed by atoms with van der Waals surface area (Å²) in [7, 11) is 1.34. The highest BCUT2D eigenvalue weighted by Crippen LogP contribution is 2.34. The minimum absolute atomic E-state index is 0.0118. The van der Waals surface area contributed by atoms with Crippen molar-refractivity contribution >= 4 is 16.9 Å². The van der Waals surface area contributed by atoms with Gasteiger partial charge in [-0.15, -0.1) is 0 Å². The van der Waals surface area contributed by atoms with Gasteiger partial charge in [0.15, 0.2) is 29.0 Å². The number of nitrogens with two attached hydrogens (primary N) is 1. The van der Waals surface area contributed by atoms with E-state index in [0.29, 0.717) is 16.6 Å². The van der Waals surface area contributed by atoms with Crippen molar-refractivity contribution in [1.29, 1.82) is 0 Å². The minimum Gasteiger partial charge on any atom is -0.493 e. The molecule has 6 nitrogen and oxygen atoms in total. The van der Waals surface area contributed by atoms with E-state index in [1.807, 2.05) is 0 Å². The first-order valence-electron chi connectivity index (χ1n) is 5.59. The first kappa shape index (κ1) is 12.3. The summed E-state index contributed by atoms with van der Waals surface area (Å²) in [5, 5.41) is 0.374. The van der Waals surface area contributed by atoms with Gasteiger partial charge in [0.1, 0.15) is 5.65 Å². The molecule has 8 heteroatoms. The summed E-state index contributed by atoms with van der Waals surface area (Å²) in [6.07, 6.45) is 3.53. The van der Waals surface area contributed by atoms with Crippen LogP contribution in [-0.4, -0.2) is 27.0 Å². The Morgan fingerprint density at radius 1 is 1.20 bits per heavy atom. The van der Waals surface area contributed by atoms with Crippen LogP contribution in [0.15, 0.2) is 18.6 Å². The first-order valence-corrected chi connectivity index (χ1v) is 5.59. The Kier molecular flexibility index (Phi) is 2.70. The Morgan fingerprint density at radius 2 is 1.95 bits per heavy atom. The SMILES string of the molecule is COc1c(F)cnc2[nH]cc(-c3ncc(F)c(N)n3)c12. The third-order valence-corrected chi connectivity index (χ3v) is 2.83. The highest BCUT2D eigenvalue weighted by Gasteiger charge is 2.18. The van der Waals surface area contributed by atoms with Crippen LogP contribution in [0.4, 0.5) is 14.6 Å². The summed E-state index contributed by atoms with van der Waals surface area (Å²) in [6.45, 7) is 0. The van der Waals surface area contributed by atoms with Crippen molar-refractivity contribution in [3.05, 3.63) is 30.2 Å². The average Bonchev–Trinajstić information content (AvgIpc) is 2.86. The molecule has 3 aromatic heterocycles. The van der Waals surface area contributed by atoms with Crippen molar-refractivity contribution in [2.45, 2.75) is 0 Å². The van der Waals surface area contributed by atoms with Gasteiger partial charge in [-0.3, -0.25) is 0 Å². The van der Waals surface area contributed by atoms with Gasteiger partial charge in [0.05, 0.1) is 30.5 Å². The summed E-state index contributed by atoms with van der Waals surface area (Å²) >= 11 is 0. The molecule has 0 aliphatic heterocycles. The number of H-pyrrole nitrogens is 1. The third kappa shape index (κ3) is 1.73. The molecule has 0 aliphatic carbocycles. The summed E-state index contributed by atoms with van der Waals surface area (Å²) < 4.78 is 31.9. The smallest absolute Gasteiger partial charge is 0.184 e. The number of halogens is 2. The zero-order valence-electron chi connectivity index (χ0n) is 10.3. The van der Waals surface area contributed by atoms with Gasteiger partial charge in [0.25, 0.3) is 0 Å². The Balaban J connectivity index is 2.31. The van der Waals surface area contributed by atoms with E-state index >= 15 is 0 Å². The van der Waals surface area contributed by atoms with Gasteiger partial charge in [-0.1, -0.05) is 0 Å². The second kappa shape index (κ2) is 4.41. The predicted octanol–water partition coefficient (Wildman–Crippen LogP) is 1.89. The lowest BCUT2D eigenvalue weighted by Gasteiger charge is -2.05. The molecule has 3 N–H and O–H groups in total. The lowest BCUT2D eigenvalue weighted by molar-refractivity contribution is 0.391. The number of hydrogen-bond donors (Lipinski definition) is 2. The van der Waals surface area contributed by atoms with Gasteiger partial charge in [-0.25, -0.2) is 23.7 Å². The summed E-state index contributed by atoms with van der Waals surface area (Å²) in [6, 6.07) is 0. The summed E-state index contributed by atoms with van der Waals surface area (Å²) in [4.78, 5) is 14.4. The number of pyridine rings is 1. The fourth-order valence-corrected chi connectivity index (χ4v) is 1.93. The summed E-state index contributed by atoms with van der Waals surface area (Å²) in [5.74, 6) is -1.45. The fourth-order valence-electron chi connectivity index (χ4n) is 1.93. The van der Waals surface area contributed by atoms with Crippen LogP contribution in [0.1, 0.15) is 0 Å². The molecule has 20 heavy (non-hydrogen) atoms. The molecular formula is C12H9F2N5O. The van der Waals surface area contributed by atoms with Crippen LogP contribution in [0.2, 0.25) is 0 Å². The zero-order chi connectivity index (χ0) is 14.3. The Bertz CT molecular complexity index is 802. The maximum atomic E-state index is 13.7. The monoisotopic (exact) mass is 277 g/mol. The molecule has 0 saturated heterocycles. The van der Waals surface area contributed by atoms with Crippen molar-refractivity contribution in [2.75, 3.05) is 12.8 Å². The first-order chi connectivity index (χ1) is 9.61. The molecule has 0 radical (unpaired) electrons. The van der Waals surface area contributed by atoms with Crippen molar-refractivity contribution in [1.82, 2.24) is 19.9 Å². The van der Waals surface area contributed by atoms with Crippen LogP contribution in [0.5, 0.6) is 5.75 Å². The molecule has 0 bridgehead atoms. The number of nitrogens with one attached hydrogen (secondary N) is 1. The van der Waals surface area contributed by atoms with Crippen molar-refractivity contribution in [3.63, 3.8) is 0 Å². The number of ether oxygens (including phenoxy) is 1. The Hall–Kier alpha value is -2.77. The number of hydrogen-bond acceptors (Lipinski definition) is 5. The van der Waals surface area contributed by atoms with Gasteiger partial charge >= 0.3 is 0 Å². The molecule has 0 atom stereocenters. The largest absolute Gasteiger partial charge is 0.493 e.